The van der Waals surface area contributed by atoms with Gasteiger partial charge < -0.3 is 5.11 Å². The maximum absolute atomic E-state index is 12.7. The highest BCUT2D eigenvalue weighted by Gasteiger charge is 2.40. The van der Waals surface area contributed by atoms with Gasteiger partial charge >= 0.3 is 5.97 Å². The van der Waals surface area contributed by atoms with Gasteiger partial charge in [0.2, 0.25) is 0 Å². The fourth-order valence-electron chi connectivity index (χ4n) is 2.73. The molecule has 0 radical (unpaired) electrons. The van der Waals surface area contributed by atoms with Crippen molar-refractivity contribution in [2.24, 2.45) is 5.92 Å². The molecule has 0 aliphatic carbocycles. The van der Waals surface area contributed by atoms with E-state index in [-0.39, 0.29) is 17.8 Å². The lowest BCUT2D eigenvalue weighted by Gasteiger charge is -2.40. The van der Waals surface area contributed by atoms with Crippen LogP contribution in [0.15, 0.2) is 0 Å². The molecule has 3 unspecified atom stereocenters. The van der Waals surface area contributed by atoms with Gasteiger partial charge in [0.1, 0.15) is 0 Å². The van der Waals surface area contributed by atoms with Crippen LogP contribution in [0, 0.1) is 5.92 Å². The monoisotopic (exact) mass is 322 g/mol. The first-order chi connectivity index (χ1) is 9.34. The van der Waals surface area contributed by atoms with Gasteiger partial charge in [0.15, 0.2) is 0 Å². The Labute approximate surface area is 124 Å². The predicted octanol–water partition coefficient (Wildman–Crippen LogP) is 0.854. The first-order valence-electron chi connectivity index (χ1n) is 6.95. The van der Waals surface area contributed by atoms with Crippen molar-refractivity contribution >= 4 is 27.9 Å². The van der Waals surface area contributed by atoms with Crippen molar-refractivity contribution in [1.29, 1.82) is 0 Å². The van der Waals surface area contributed by atoms with E-state index in [9.17, 15) is 13.2 Å². The molecule has 3 atom stereocenters. The number of carbonyl (C=O) groups is 1. The quantitative estimate of drug-likeness (QED) is 0.833. The predicted molar refractivity (Wildman–Crippen MR) is 78.9 cm³/mol. The van der Waals surface area contributed by atoms with Gasteiger partial charge in [-0.2, -0.15) is 28.8 Å². The maximum atomic E-state index is 12.7. The van der Waals surface area contributed by atoms with E-state index in [0.29, 0.717) is 25.9 Å². The van der Waals surface area contributed by atoms with Crippen molar-refractivity contribution in [3.8, 4) is 0 Å². The van der Waals surface area contributed by atoms with Crippen molar-refractivity contribution in [2.45, 2.75) is 38.0 Å². The number of nitrogens with zero attached hydrogens (tertiary/aromatic N) is 2. The molecule has 0 spiro atoms. The molecule has 2 fully saturated rings. The van der Waals surface area contributed by atoms with Gasteiger partial charge in [-0.05, 0) is 19.8 Å². The van der Waals surface area contributed by atoms with E-state index in [4.69, 9.17) is 5.11 Å². The number of aliphatic carboxylic acids is 1. The molecular weight excluding hydrogens is 300 g/mol. The molecule has 2 saturated heterocycles. The molecule has 20 heavy (non-hydrogen) atoms. The van der Waals surface area contributed by atoms with E-state index in [1.54, 1.807) is 16.1 Å². The molecular formula is C12H22N2O4S2. The van der Waals surface area contributed by atoms with Crippen molar-refractivity contribution in [3.05, 3.63) is 0 Å². The summed E-state index contributed by atoms with van der Waals surface area (Å²) in [6.45, 7) is 4.99. The number of thioether (sulfide) groups is 1. The van der Waals surface area contributed by atoms with Gasteiger partial charge in [-0.1, -0.05) is 6.92 Å². The third-order valence-corrected chi connectivity index (χ3v) is 7.61. The molecule has 2 heterocycles. The summed E-state index contributed by atoms with van der Waals surface area (Å²) in [7, 11) is -3.54. The first-order valence-corrected chi connectivity index (χ1v) is 9.40. The summed E-state index contributed by atoms with van der Waals surface area (Å²) >= 11 is 1.78. The van der Waals surface area contributed by atoms with Crippen LogP contribution in [0.25, 0.3) is 0 Å². The Hall–Kier alpha value is -0.310. The molecule has 116 valence electrons. The normalized spacial score (nSPS) is 34.0. The average Bonchev–Trinajstić information content (AvgIpc) is 2.41. The molecule has 1 N–H and O–H groups in total. The number of piperidine rings is 1. The second kappa shape index (κ2) is 6.21. The highest BCUT2D eigenvalue weighted by Crippen LogP contribution is 2.29. The van der Waals surface area contributed by atoms with Crippen LogP contribution in [0.4, 0.5) is 0 Å². The summed E-state index contributed by atoms with van der Waals surface area (Å²) in [5.41, 5.74) is 0. The molecule has 2 aliphatic heterocycles. The van der Waals surface area contributed by atoms with Crippen LogP contribution in [-0.2, 0) is 15.0 Å². The molecule has 0 saturated carbocycles. The summed E-state index contributed by atoms with van der Waals surface area (Å²) in [5, 5.41) is 9.35. The van der Waals surface area contributed by atoms with E-state index < -0.39 is 22.1 Å². The highest BCUT2D eigenvalue weighted by molar-refractivity contribution is 8.00. The van der Waals surface area contributed by atoms with Gasteiger partial charge in [-0.3, -0.25) is 4.79 Å². The van der Waals surface area contributed by atoms with Crippen LogP contribution < -0.4 is 0 Å². The fourth-order valence-corrected chi connectivity index (χ4v) is 5.97. The lowest BCUT2D eigenvalue weighted by atomic mass is 10.0. The van der Waals surface area contributed by atoms with Crippen molar-refractivity contribution in [1.82, 2.24) is 8.61 Å². The zero-order chi connectivity index (χ0) is 14.9. The van der Waals surface area contributed by atoms with E-state index in [2.05, 4.69) is 0 Å². The Morgan fingerprint density at radius 3 is 2.65 bits per heavy atom. The molecule has 0 aromatic rings. The lowest BCUT2D eigenvalue weighted by molar-refractivity contribution is -0.142. The van der Waals surface area contributed by atoms with Crippen LogP contribution in [0.5, 0.6) is 0 Å². The van der Waals surface area contributed by atoms with Crippen molar-refractivity contribution < 1.29 is 18.3 Å². The molecule has 6 nitrogen and oxygen atoms in total. The maximum Gasteiger partial charge on any atom is 0.307 e. The standard InChI is InChI=1S/C12H22N2O4S2/c1-9-10(2)19-7-6-14(9)20(17,18)13-5-3-4-11(8-13)12(15)16/h9-11H,3-8H2,1-2H3,(H,15,16). The Kier molecular flexibility index (Phi) is 4.99. The highest BCUT2D eigenvalue weighted by atomic mass is 32.2. The third-order valence-electron chi connectivity index (χ3n) is 4.18. The molecule has 0 bridgehead atoms. The minimum Gasteiger partial charge on any atom is -0.481 e. The van der Waals surface area contributed by atoms with Gasteiger partial charge in [-0.25, -0.2) is 0 Å². The van der Waals surface area contributed by atoms with E-state index in [1.165, 1.54) is 4.31 Å². The number of carboxylic acids is 1. The second-order valence-corrected chi connectivity index (χ2v) is 8.84. The van der Waals surface area contributed by atoms with E-state index in [1.807, 2.05) is 13.8 Å². The lowest BCUT2D eigenvalue weighted by Crippen LogP contribution is -2.55. The Bertz CT molecular complexity index is 468. The fraction of sp³-hybridized carbons (Fsp3) is 0.917. The van der Waals surface area contributed by atoms with Gasteiger partial charge in [0, 0.05) is 36.7 Å². The number of rotatable bonds is 3. The molecule has 0 aromatic heterocycles. The topological polar surface area (TPSA) is 77.9 Å². The summed E-state index contributed by atoms with van der Waals surface area (Å²) in [6, 6.07) is -0.0519. The van der Waals surface area contributed by atoms with Gasteiger partial charge in [0.05, 0.1) is 5.92 Å². The number of hydrogen-bond donors (Lipinski definition) is 1. The average molecular weight is 322 g/mol. The van der Waals surface area contributed by atoms with E-state index in [0.717, 1.165) is 5.75 Å². The summed E-state index contributed by atoms with van der Waals surface area (Å²) in [4.78, 5) is 11.1. The van der Waals surface area contributed by atoms with Crippen LogP contribution in [0.3, 0.4) is 0 Å². The zero-order valence-corrected chi connectivity index (χ0v) is 13.5. The van der Waals surface area contributed by atoms with Crippen LogP contribution in [-0.4, -0.2) is 64.8 Å². The zero-order valence-electron chi connectivity index (χ0n) is 11.9. The molecule has 0 aromatic carbocycles. The molecule has 2 rings (SSSR count). The first kappa shape index (κ1) is 16.1. The van der Waals surface area contributed by atoms with Gasteiger partial charge in [0.25, 0.3) is 10.2 Å². The Balaban J connectivity index is 2.15. The molecule has 2 aliphatic rings. The Morgan fingerprint density at radius 2 is 2.00 bits per heavy atom. The smallest absolute Gasteiger partial charge is 0.307 e. The largest absolute Gasteiger partial charge is 0.481 e. The SMILES string of the molecule is CC1SCCN(S(=O)(=O)N2CCCC(C(=O)O)C2)C1C. The number of carboxylic acid groups (broad SMARTS) is 1. The van der Waals surface area contributed by atoms with E-state index >= 15 is 0 Å². The summed E-state index contributed by atoms with van der Waals surface area (Å²) < 4.78 is 28.3. The van der Waals surface area contributed by atoms with Crippen LogP contribution >= 0.6 is 11.8 Å². The van der Waals surface area contributed by atoms with Crippen LogP contribution in [0.2, 0.25) is 0 Å². The summed E-state index contributed by atoms with van der Waals surface area (Å²) in [5.74, 6) is -0.688. The second-order valence-electron chi connectivity index (χ2n) is 5.47. The van der Waals surface area contributed by atoms with Crippen LogP contribution in [0.1, 0.15) is 26.7 Å². The van der Waals surface area contributed by atoms with Crippen molar-refractivity contribution in [3.63, 3.8) is 0 Å². The number of hydrogen-bond acceptors (Lipinski definition) is 4. The Morgan fingerprint density at radius 1 is 1.30 bits per heavy atom. The van der Waals surface area contributed by atoms with Gasteiger partial charge in [-0.15, -0.1) is 0 Å². The minimum atomic E-state index is -3.54. The minimum absolute atomic E-state index is 0.0519. The van der Waals surface area contributed by atoms with Crippen molar-refractivity contribution in [2.75, 3.05) is 25.4 Å². The molecule has 0 amide bonds. The summed E-state index contributed by atoms with van der Waals surface area (Å²) in [6.07, 6.45) is 1.17. The molecule has 8 heteroatoms. The third kappa shape index (κ3) is 3.13.